The molecule has 3 saturated heterocycles. The van der Waals surface area contributed by atoms with E-state index < -0.39 is 114 Å². The number of esters is 1. The molecule has 17 nitrogen and oxygen atoms in total. The van der Waals surface area contributed by atoms with Crippen LogP contribution in [0.3, 0.4) is 0 Å². The third kappa shape index (κ3) is 12.5. The molecule has 1 aromatic carbocycles. The van der Waals surface area contributed by atoms with E-state index in [1.807, 2.05) is 25.9 Å². The van der Waals surface area contributed by atoms with Gasteiger partial charge in [-0.3, -0.25) is 9.59 Å². The summed E-state index contributed by atoms with van der Waals surface area (Å²) >= 11 is 0. The molecule has 17 heteroatoms. The van der Waals surface area contributed by atoms with E-state index in [0.29, 0.717) is 12.8 Å². The highest BCUT2D eigenvalue weighted by atomic mass is 16.7. The fourth-order valence-electron chi connectivity index (χ4n) is 9.75. The second-order valence-corrected chi connectivity index (χ2v) is 19.2. The molecule has 0 unspecified atom stereocenters. The minimum atomic E-state index is -2.04. The van der Waals surface area contributed by atoms with E-state index in [1.165, 1.54) is 27.9 Å². The Morgan fingerprint density at radius 1 is 0.921 bits per heavy atom. The molecule has 3 aliphatic rings. The smallest absolute Gasteiger partial charge is 0.407 e. The number of aromatic hydroxyl groups is 1. The van der Waals surface area contributed by atoms with Crippen LogP contribution in [-0.4, -0.2) is 160 Å². The molecule has 3 heterocycles. The number of methoxy groups -OCH3 is 1. The molecule has 0 saturated carbocycles. The number of carbonyl (C=O) groups excluding carboxylic acids is 3. The Morgan fingerprint density at radius 2 is 1.56 bits per heavy atom. The van der Waals surface area contributed by atoms with Gasteiger partial charge >= 0.3 is 12.1 Å². The standard InChI is InChI=1S/C46H76N2O15/c1-14-33-46(10,56)38(52)26(4)35(50)24(2)22-44(8,55)39(62-42-36(51)32(48(11)12)21-25(3)58-42)27(5)37(28(6)41(53)60-33)61-34-23-45(9,57-13)40(29(7)59-34)63-43(54)47-20-19-30-15-17-31(49)18-16-30/h15-18,24-29,32-34,36-40,42,49,51-52,55-56H,14,19-23H2,1-13H3,(H,47,54)/t24-,25-,26+,27+,28-,29+,32+,33-,34+,36-,37+,38-,39-,40+,42+,44+,45-,46-/m1/s1. The quantitative estimate of drug-likeness (QED) is 0.175. The van der Waals surface area contributed by atoms with Gasteiger partial charge in [0.25, 0.3) is 0 Å². The number of hydrogen-bond donors (Lipinski definition) is 6. The number of ether oxygens (including phenoxy) is 7. The molecule has 63 heavy (non-hydrogen) atoms. The molecule has 0 spiro atoms. The number of ketones is 1. The van der Waals surface area contributed by atoms with E-state index in [2.05, 4.69) is 5.32 Å². The van der Waals surface area contributed by atoms with Crippen molar-refractivity contribution in [2.45, 2.75) is 186 Å². The Kier molecular flexibility index (Phi) is 18.0. The second kappa shape index (κ2) is 21.6. The summed E-state index contributed by atoms with van der Waals surface area (Å²) < 4.78 is 43.9. The number of nitrogens with one attached hydrogen (secondary N) is 1. The van der Waals surface area contributed by atoms with E-state index in [1.54, 1.807) is 65.8 Å². The Hall–Kier alpha value is -2.97. The van der Waals surface area contributed by atoms with Crippen LogP contribution in [0.1, 0.15) is 100 Å². The first-order valence-corrected chi connectivity index (χ1v) is 22.4. The van der Waals surface area contributed by atoms with Crippen LogP contribution in [0.15, 0.2) is 24.3 Å². The number of amides is 1. The Bertz CT molecular complexity index is 1660. The van der Waals surface area contributed by atoms with Gasteiger partial charge in [-0.1, -0.05) is 39.8 Å². The molecule has 1 amide bonds. The van der Waals surface area contributed by atoms with Crippen molar-refractivity contribution in [1.82, 2.24) is 10.2 Å². The summed E-state index contributed by atoms with van der Waals surface area (Å²) in [6.45, 7) is 16.5. The molecule has 18 atom stereocenters. The van der Waals surface area contributed by atoms with Crippen LogP contribution in [0.4, 0.5) is 4.79 Å². The van der Waals surface area contributed by atoms with Crippen LogP contribution in [0, 0.1) is 23.7 Å². The first-order valence-electron chi connectivity index (χ1n) is 22.4. The minimum absolute atomic E-state index is 0.0145. The molecule has 0 bridgehead atoms. The highest BCUT2D eigenvalue weighted by molar-refractivity contribution is 5.83. The van der Waals surface area contributed by atoms with Crippen LogP contribution in [0.2, 0.25) is 0 Å². The number of phenols is 1. The number of aliphatic hydroxyl groups excluding tert-OH is 2. The molecule has 6 N–H and O–H groups in total. The summed E-state index contributed by atoms with van der Waals surface area (Å²) in [5.41, 5.74) is -4.15. The molecule has 0 aromatic heterocycles. The molecule has 1 aromatic rings. The normalized spacial score (nSPS) is 42.3. The highest BCUT2D eigenvalue weighted by Gasteiger charge is 2.54. The van der Waals surface area contributed by atoms with E-state index in [4.69, 9.17) is 33.2 Å². The van der Waals surface area contributed by atoms with Gasteiger partial charge in [-0.2, -0.15) is 0 Å². The van der Waals surface area contributed by atoms with Crippen molar-refractivity contribution in [3.8, 4) is 5.75 Å². The maximum absolute atomic E-state index is 14.4. The lowest BCUT2D eigenvalue weighted by Gasteiger charge is -2.49. The van der Waals surface area contributed by atoms with Gasteiger partial charge < -0.3 is 68.9 Å². The lowest BCUT2D eigenvalue weighted by atomic mass is 9.74. The molecule has 3 aliphatic heterocycles. The van der Waals surface area contributed by atoms with Crippen molar-refractivity contribution in [3.63, 3.8) is 0 Å². The predicted molar refractivity (Wildman–Crippen MR) is 230 cm³/mol. The number of hydrogen-bond acceptors (Lipinski definition) is 16. The van der Waals surface area contributed by atoms with Crippen molar-refractivity contribution in [2.24, 2.45) is 23.7 Å². The number of likely N-dealkylation sites (N-methyl/N-ethyl adjacent to an activating group) is 1. The van der Waals surface area contributed by atoms with Crippen LogP contribution < -0.4 is 5.32 Å². The topological polar surface area (TPSA) is 232 Å². The molecule has 360 valence electrons. The second-order valence-electron chi connectivity index (χ2n) is 19.2. The average molecular weight is 897 g/mol. The lowest BCUT2D eigenvalue weighted by molar-refractivity contribution is -0.317. The van der Waals surface area contributed by atoms with Crippen molar-refractivity contribution in [1.29, 1.82) is 0 Å². The Balaban J connectivity index is 1.71. The number of phenolic OH excluding ortho intramolecular Hbond substituents is 1. The van der Waals surface area contributed by atoms with Crippen molar-refractivity contribution in [2.75, 3.05) is 27.7 Å². The number of carbonyl (C=O) groups is 3. The van der Waals surface area contributed by atoms with Crippen LogP contribution in [0.25, 0.3) is 0 Å². The fourth-order valence-corrected chi connectivity index (χ4v) is 9.75. The van der Waals surface area contributed by atoms with Gasteiger partial charge in [0.2, 0.25) is 0 Å². The SMILES string of the molecule is CC[C@H]1OC(=O)[C@H](C)[C@@H](O[C@H]2C[C@@](C)(OC)[C@@H](OC(=O)NCCc3ccc(O)cc3)[C@H](C)O2)[C@H](C)[C@@H](O[C@@H]2O[C@H](C)C[C@H](N(C)C)[C@H]2O)[C@@](C)(O)C[C@@H](C)C(=O)[C@H](C)[C@@H](O)[C@]1(C)O. The minimum Gasteiger partial charge on any atom is -0.508 e. The van der Waals surface area contributed by atoms with Crippen molar-refractivity contribution in [3.05, 3.63) is 29.8 Å². The third-order valence-corrected chi connectivity index (χ3v) is 13.6. The van der Waals surface area contributed by atoms with Gasteiger partial charge in [0.1, 0.15) is 34.9 Å². The summed E-state index contributed by atoms with van der Waals surface area (Å²) in [5, 5.41) is 59.7. The van der Waals surface area contributed by atoms with E-state index in [0.717, 1.165) is 5.56 Å². The number of aliphatic hydroxyl groups is 4. The predicted octanol–water partition coefficient (Wildman–Crippen LogP) is 3.47. The summed E-state index contributed by atoms with van der Waals surface area (Å²) in [6.07, 6.45) is -10.6. The molecular formula is C46H76N2O15. The number of nitrogens with zero attached hydrogens (tertiary/aromatic N) is 1. The van der Waals surface area contributed by atoms with Crippen molar-refractivity contribution < 1.29 is 73.1 Å². The largest absolute Gasteiger partial charge is 0.508 e. The maximum Gasteiger partial charge on any atom is 0.407 e. The first-order chi connectivity index (χ1) is 29.3. The third-order valence-electron chi connectivity index (χ3n) is 13.6. The molecular weight excluding hydrogens is 821 g/mol. The summed E-state index contributed by atoms with van der Waals surface area (Å²) in [7, 11) is 5.15. The molecule has 0 aliphatic carbocycles. The van der Waals surface area contributed by atoms with Crippen LogP contribution in [-0.2, 0) is 49.2 Å². The molecule has 0 radical (unpaired) electrons. The lowest BCUT2D eigenvalue weighted by Crippen LogP contribution is -2.61. The summed E-state index contributed by atoms with van der Waals surface area (Å²) in [5.74, 6) is -5.11. The number of benzene rings is 1. The van der Waals surface area contributed by atoms with Gasteiger partial charge in [0, 0.05) is 43.9 Å². The Morgan fingerprint density at radius 3 is 2.14 bits per heavy atom. The first kappa shape index (κ1) is 52.7. The van der Waals surface area contributed by atoms with Gasteiger partial charge in [0.15, 0.2) is 18.7 Å². The molecule has 3 fully saturated rings. The van der Waals surface area contributed by atoms with Crippen molar-refractivity contribution >= 4 is 17.8 Å². The zero-order valence-electron chi connectivity index (χ0n) is 39.5. The number of cyclic esters (lactones) is 1. The number of rotatable bonds is 11. The van der Waals surface area contributed by atoms with Gasteiger partial charge in [-0.25, -0.2) is 4.79 Å². The van der Waals surface area contributed by atoms with Gasteiger partial charge in [-0.15, -0.1) is 0 Å². The fraction of sp³-hybridized carbons (Fsp3) is 0.804. The Labute approximate surface area is 373 Å². The van der Waals surface area contributed by atoms with Crippen LogP contribution in [0.5, 0.6) is 5.75 Å². The number of alkyl carbamates (subject to hydrolysis) is 1. The molecule has 4 rings (SSSR count). The summed E-state index contributed by atoms with van der Waals surface area (Å²) in [4.78, 5) is 43.3. The average Bonchev–Trinajstić information content (AvgIpc) is 3.21. The zero-order valence-corrected chi connectivity index (χ0v) is 39.5. The van der Waals surface area contributed by atoms with E-state index in [-0.39, 0.29) is 43.7 Å². The van der Waals surface area contributed by atoms with Crippen LogP contribution >= 0.6 is 0 Å². The van der Waals surface area contributed by atoms with Gasteiger partial charge in [0.05, 0.1) is 42.0 Å². The van der Waals surface area contributed by atoms with Gasteiger partial charge in [-0.05, 0) is 99.0 Å². The maximum atomic E-state index is 14.4. The summed E-state index contributed by atoms with van der Waals surface area (Å²) in [6, 6.07) is 6.29. The van der Waals surface area contributed by atoms with E-state index in [9.17, 15) is 39.9 Å². The van der Waals surface area contributed by atoms with E-state index >= 15 is 0 Å². The number of Topliss-reactive ketones (excluding diaryl/α,β-unsaturated/α-hetero) is 1. The zero-order chi connectivity index (χ0) is 47.4. The highest BCUT2D eigenvalue weighted by Crippen LogP contribution is 2.41. The monoisotopic (exact) mass is 897 g/mol.